The lowest BCUT2D eigenvalue weighted by Crippen LogP contribution is -2.34. The van der Waals surface area contributed by atoms with Crippen LogP contribution >= 0.6 is 0 Å². The predicted octanol–water partition coefficient (Wildman–Crippen LogP) is 3.08. The van der Waals surface area contributed by atoms with Crippen molar-refractivity contribution in [2.75, 3.05) is 38.1 Å². The van der Waals surface area contributed by atoms with Gasteiger partial charge in [0.1, 0.15) is 0 Å². The topological polar surface area (TPSA) is 78.9 Å². The van der Waals surface area contributed by atoms with E-state index in [2.05, 4.69) is 10.2 Å². The van der Waals surface area contributed by atoms with Crippen molar-refractivity contribution in [1.29, 1.82) is 0 Å². The Morgan fingerprint density at radius 1 is 1.20 bits per heavy atom. The predicted molar refractivity (Wildman–Crippen MR) is 97.6 cm³/mol. The molecule has 2 N–H and O–H groups in total. The number of likely N-dealkylation sites (tertiary alicyclic amines) is 1. The standard InChI is InChI=1S/C19H28N2O4/c1-4-25-19(24)16-13(2)12-15(17(14(16)3)18(22)23)20-8-11-21-9-6-5-7-10-21/h12,20H,4-11H2,1-3H3,(H,22,23). The molecule has 1 aromatic carbocycles. The molecular formula is C19H28N2O4. The maximum absolute atomic E-state index is 12.2. The van der Waals surface area contributed by atoms with Crippen molar-refractivity contribution in [1.82, 2.24) is 4.90 Å². The number of nitrogens with one attached hydrogen (secondary N) is 1. The first-order valence-corrected chi connectivity index (χ1v) is 8.96. The van der Waals surface area contributed by atoms with Crippen LogP contribution in [0.5, 0.6) is 0 Å². The molecule has 1 aliphatic rings. The third-order valence-electron chi connectivity index (χ3n) is 4.66. The first-order valence-electron chi connectivity index (χ1n) is 8.96. The van der Waals surface area contributed by atoms with Crippen molar-refractivity contribution in [2.24, 2.45) is 0 Å². The van der Waals surface area contributed by atoms with Gasteiger partial charge in [-0.1, -0.05) is 6.42 Å². The average Bonchev–Trinajstić information content (AvgIpc) is 2.55. The third kappa shape index (κ3) is 4.72. The van der Waals surface area contributed by atoms with Gasteiger partial charge in [-0.25, -0.2) is 9.59 Å². The number of benzene rings is 1. The number of hydrogen-bond acceptors (Lipinski definition) is 5. The fourth-order valence-corrected chi connectivity index (χ4v) is 3.45. The van der Waals surface area contributed by atoms with E-state index in [9.17, 15) is 14.7 Å². The van der Waals surface area contributed by atoms with Crippen LogP contribution in [0.15, 0.2) is 6.07 Å². The third-order valence-corrected chi connectivity index (χ3v) is 4.66. The van der Waals surface area contributed by atoms with Gasteiger partial charge in [0.2, 0.25) is 0 Å². The van der Waals surface area contributed by atoms with Crippen LogP contribution in [-0.2, 0) is 4.74 Å². The molecule has 0 radical (unpaired) electrons. The van der Waals surface area contributed by atoms with Crippen LogP contribution in [0.25, 0.3) is 0 Å². The highest BCUT2D eigenvalue weighted by molar-refractivity contribution is 6.02. The lowest BCUT2D eigenvalue weighted by molar-refractivity contribution is 0.0524. The number of carbonyl (C=O) groups excluding carboxylic acids is 1. The van der Waals surface area contributed by atoms with Crippen LogP contribution in [-0.4, -0.2) is 54.7 Å². The molecule has 1 fully saturated rings. The van der Waals surface area contributed by atoms with Gasteiger partial charge in [0.25, 0.3) is 0 Å². The molecule has 0 saturated carbocycles. The Kier molecular flexibility index (Phi) is 6.82. The summed E-state index contributed by atoms with van der Waals surface area (Å²) in [5, 5.41) is 12.9. The minimum Gasteiger partial charge on any atom is -0.478 e. The summed E-state index contributed by atoms with van der Waals surface area (Å²) in [6.45, 7) is 9.24. The average molecular weight is 348 g/mol. The lowest BCUT2D eigenvalue weighted by Gasteiger charge is -2.26. The SMILES string of the molecule is CCOC(=O)c1c(C)cc(NCCN2CCCCC2)c(C(=O)O)c1C. The van der Waals surface area contributed by atoms with Gasteiger partial charge in [0, 0.05) is 18.8 Å². The second-order valence-corrected chi connectivity index (χ2v) is 6.47. The summed E-state index contributed by atoms with van der Waals surface area (Å²) in [4.78, 5) is 26.3. The maximum Gasteiger partial charge on any atom is 0.338 e. The molecule has 0 atom stereocenters. The molecular weight excluding hydrogens is 320 g/mol. The van der Waals surface area contributed by atoms with Crippen LogP contribution in [0.4, 0.5) is 5.69 Å². The number of rotatable bonds is 7. The molecule has 0 unspecified atom stereocenters. The Labute approximate surface area is 149 Å². The van der Waals surface area contributed by atoms with Crippen molar-refractivity contribution in [3.05, 3.63) is 28.3 Å². The fraction of sp³-hybridized carbons (Fsp3) is 0.579. The summed E-state index contributed by atoms with van der Waals surface area (Å²) < 4.78 is 5.07. The number of carboxylic acids is 1. The largest absolute Gasteiger partial charge is 0.478 e. The number of aryl methyl sites for hydroxylation is 1. The smallest absolute Gasteiger partial charge is 0.338 e. The highest BCUT2D eigenvalue weighted by Gasteiger charge is 2.23. The Morgan fingerprint density at radius 3 is 2.48 bits per heavy atom. The first kappa shape index (κ1) is 19.2. The van der Waals surface area contributed by atoms with Gasteiger partial charge in [-0.15, -0.1) is 0 Å². The molecule has 6 heteroatoms. The summed E-state index contributed by atoms with van der Waals surface area (Å²) in [5.41, 5.74) is 2.23. The number of ether oxygens (including phenoxy) is 1. The maximum atomic E-state index is 12.2. The second-order valence-electron chi connectivity index (χ2n) is 6.47. The van der Waals surface area contributed by atoms with Gasteiger partial charge >= 0.3 is 11.9 Å². The number of anilines is 1. The van der Waals surface area contributed by atoms with Gasteiger partial charge in [-0.2, -0.15) is 0 Å². The molecule has 2 rings (SSSR count). The van der Waals surface area contributed by atoms with Gasteiger partial charge < -0.3 is 20.1 Å². The second kappa shape index (κ2) is 8.85. The van der Waals surface area contributed by atoms with Crippen LogP contribution in [0.1, 0.15) is 58.0 Å². The van der Waals surface area contributed by atoms with E-state index in [0.29, 0.717) is 23.4 Å². The number of aromatic carboxylic acids is 1. The number of esters is 1. The quantitative estimate of drug-likeness (QED) is 0.737. The summed E-state index contributed by atoms with van der Waals surface area (Å²) >= 11 is 0. The summed E-state index contributed by atoms with van der Waals surface area (Å²) in [5.74, 6) is -1.51. The molecule has 0 aliphatic carbocycles. The highest BCUT2D eigenvalue weighted by atomic mass is 16.5. The number of hydrogen-bond donors (Lipinski definition) is 2. The molecule has 1 aliphatic heterocycles. The molecule has 25 heavy (non-hydrogen) atoms. The molecule has 0 spiro atoms. The van der Waals surface area contributed by atoms with Crippen molar-refractivity contribution in [3.63, 3.8) is 0 Å². The fourth-order valence-electron chi connectivity index (χ4n) is 3.45. The summed E-state index contributed by atoms with van der Waals surface area (Å²) in [6.07, 6.45) is 3.75. The summed E-state index contributed by atoms with van der Waals surface area (Å²) in [6, 6.07) is 1.74. The van der Waals surface area contributed by atoms with E-state index in [1.807, 2.05) is 0 Å². The van der Waals surface area contributed by atoms with E-state index in [1.54, 1.807) is 26.8 Å². The van der Waals surface area contributed by atoms with Crippen molar-refractivity contribution < 1.29 is 19.4 Å². The monoisotopic (exact) mass is 348 g/mol. The van der Waals surface area contributed by atoms with Gasteiger partial charge in [0.05, 0.1) is 17.7 Å². The van der Waals surface area contributed by atoms with Crippen LogP contribution in [0.2, 0.25) is 0 Å². The first-order chi connectivity index (χ1) is 12.0. The zero-order valence-electron chi connectivity index (χ0n) is 15.4. The Balaban J connectivity index is 2.19. The van der Waals surface area contributed by atoms with E-state index in [0.717, 1.165) is 25.2 Å². The zero-order chi connectivity index (χ0) is 18.4. The van der Waals surface area contributed by atoms with Gasteiger partial charge in [-0.3, -0.25) is 0 Å². The molecule has 0 bridgehead atoms. The molecule has 1 saturated heterocycles. The number of piperidine rings is 1. The lowest BCUT2D eigenvalue weighted by atomic mass is 9.95. The minimum atomic E-state index is -1.04. The minimum absolute atomic E-state index is 0.146. The molecule has 0 amide bonds. The van der Waals surface area contributed by atoms with E-state index < -0.39 is 11.9 Å². The Hall–Kier alpha value is -2.08. The number of nitrogens with zero attached hydrogens (tertiary/aromatic N) is 1. The molecule has 6 nitrogen and oxygen atoms in total. The normalized spacial score (nSPS) is 15.0. The van der Waals surface area contributed by atoms with E-state index in [-0.39, 0.29) is 12.2 Å². The number of carboxylic acid groups (broad SMARTS) is 1. The van der Waals surface area contributed by atoms with Crippen molar-refractivity contribution >= 4 is 17.6 Å². The van der Waals surface area contributed by atoms with E-state index in [4.69, 9.17) is 4.74 Å². The molecule has 1 heterocycles. The van der Waals surface area contributed by atoms with Crippen molar-refractivity contribution in [2.45, 2.75) is 40.0 Å². The number of carbonyl (C=O) groups is 2. The van der Waals surface area contributed by atoms with Crippen LogP contribution < -0.4 is 5.32 Å². The van der Waals surface area contributed by atoms with E-state index >= 15 is 0 Å². The van der Waals surface area contributed by atoms with Crippen LogP contribution in [0, 0.1) is 13.8 Å². The Bertz CT molecular complexity index is 637. The molecule has 1 aromatic rings. The van der Waals surface area contributed by atoms with Crippen LogP contribution in [0.3, 0.4) is 0 Å². The van der Waals surface area contributed by atoms with Gasteiger partial charge in [0.15, 0.2) is 0 Å². The van der Waals surface area contributed by atoms with Crippen molar-refractivity contribution in [3.8, 4) is 0 Å². The highest BCUT2D eigenvalue weighted by Crippen LogP contribution is 2.27. The van der Waals surface area contributed by atoms with E-state index in [1.165, 1.54) is 19.3 Å². The Morgan fingerprint density at radius 2 is 1.88 bits per heavy atom. The molecule has 0 aromatic heterocycles. The molecule has 138 valence electrons. The van der Waals surface area contributed by atoms with Gasteiger partial charge in [-0.05, 0) is 63.9 Å². The zero-order valence-corrected chi connectivity index (χ0v) is 15.4. The summed E-state index contributed by atoms with van der Waals surface area (Å²) in [7, 11) is 0.